The topological polar surface area (TPSA) is 75.6 Å². The van der Waals surface area contributed by atoms with Gasteiger partial charge in [-0.05, 0) is 114 Å². The Labute approximate surface area is 225 Å². The normalized spacial score (nSPS) is 46.1. The zero-order chi connectivity index (χ0) is 25.6. The predicted octanol–water partition coefficient (Wildman–Crippen LogP) is 3.19. The fourth-order valence-corrected chi connectivity index (χ4v) is 9.54. The van der Waals surface area contributed by atoms with Gasteiger partial charge >= 0.3 is 0 Å². The lowest BCUT2D eigenvalue weighted by atomic mass is 9.60. The van der Waals surface area contributed by atoms with E-state index in [1.165, 1.54) is 64.3 Å². The first-order valence-electron chi connectivity index (χ1n) is 15.6. The molecule has 8 atom stereocenters. The van der Waals surface area contributed by atoms with Gasteiger partial charge in [0.05, 0.1) is 30.9 Å². The minimum atomic E-state index is -0.182. The van der Waals surface area contributed by atoms with Gasteiger partial charge in [0, 0.05) is 44.8 Å². The summed E-state index contributed by atoms with van der Waals surface area (Å²) in [5.74, 6) is 4.59. The van der Waals surface area contributed by atoms with Gasteiger partial charge in [0.15, 0.2) is 0 Å². The number of nitrogens with zero attached hydrogens (tertiary/aromatic N) is 3. The Hall–Kier alpha value is -0.750. The molecule has 4 aliphatic heterocycles. The highest BCUT2D eigenvalue weighted by Gasteiger charge is 2.53. The molecule has 0 radical (unpaired) electrons. The molecule has 2 aliphatic carbocycles. The summed E-state index contributed by atoms with van der Waals surface area (Å²) < 4.78 is 5.58. The summed E-state index contributed by atoms with van der Waals surface area (Å²) in [5.41, 5.74) is 3.82. The first kappa shape index (κ1) is 26.5. The van der Waals surface area contributed by atoms with Gasteiger partial charge < -0.3 is 15.4 Å². The fourth-order valence-electron chi connectivity index (χ4n) is 9.54. The fraction of sp³-hybridized carbons (Fsp3) is 0.967. The molecule has 37 heavy (non-hydrogen) atoms. The molecule has 0 aromatic rings. The van der Waals surface area contributed by atoms with Gasteiger partial charge in [-0.2, -0.15) is 5.26 Å². The van der Waals surface area contributed by atoms with Crippen molar-refractivity contribution in [2.24, 2.45) is 40.9 Å². The largest absolute Gasteiger partial charge is 0.379 e. The number of nitriles is 1. The predicted molar refractivity (Wildman–Crippen MR) is 146 cm³/mol. The average molecular weight is 513 g/mol. The van der Waals surface area contributed by atoms with Gasteiger partial charge in [0.25, 0.3) is 0 Å². The van der Waals surface area contributed by atoms with Crippen molar-refractivity contribution in [3.05, 3.63) is 0 Å². The molecular weight excluding hydrogens is 460 g/mol. The van der Waals surface area contributed by atoms with E-state index in [9.17, 15) is 5.26 Å². The van der Waals surface area contributed by atoms with Crippen molar-refractivity contribution in [1.29, 1.82) is 5.26 Å². The lowest BCUT2D eigenvalue weighted by Crippen LogP contribution is -2.59. The van der Waals surface area contributed by atoms with Gasteiger partial charge in [0.2, 0.25) is 0 Å². The minimum absolute atomic E-state index is 0.182. The molecule has 4 heterocycles. The molecule has 0 amide bonds. The lowest BCUT2D eigenvalue weighted by Gasteiger charge is -2.50. The van der Waals surface area contributed by atoms with Crippen molar-refractivity contribution in [2.45, 2.75) is 95.9 Å². The molecule has 0 bridgehead atoms. The van der Waals surface area contributed by atoms with E-state index >= 15 is 0 Å². The second-order valence-corrected chi connectivity index (χ2v) is 14.0. The SMILES string of the molecule is CN1NC(C2CCC(C(C)(C)C#N)CC2)C2C3CC(C4CCC(N5CCOCC5)NC4)CCC3NCC21. The van der Waals surface area contributed by atoms with Crippen LogP contribution in [0.3, 0.4) is 0 Å². The number of ether oxygens (including phenoxy) is 1. The van der Waals surface area contributed by atoms with Crippen LogP contribution in [0.25, 0.3) is 0 Å². The zero-order valence-electron chi connectivity index (χ0n) is 23.6. The Morgan fingerprint density at radius 2 is 1.59 bits per heavy atom. The van der Waals surface area contributed by atoms with Gasteiger partial charge in [0.1, 0.15) is 0 Å². The molecule has 6 rings (SSSR count). The number of hydrogen-bond acceptors (Lipinski definition) is 7. The van der Waals surface area contributed by atoms with E-state index in [4.69, 9.17) is 4.74 Å². The van der Waals surface area contributed by atoms with Crippen LogP contribution < -0.4 is 16.1 Å². The molecule has 2 saturated carbocycles. The number of hydrazine groups is 1. The van der Waals surface area contributed by atoms with E-state index in [0.717, 1.165) is 62.4 Å². The number of fused-ring (bicyclic) bond motifs is 3. The molecule has 6 fully saturated rings. The van der Waals surface area contributed by atoms with Crippen molar-refractivity contribution < 1.29 is 4.74 Å². The number of likely N-dealkylation sites (N-methyl/N-ethyl adjacent to an activating group) is 1. The maximum Gasteiger partial charge on any atom is 0.0686 e. The van der Waals surface area contributed by atoms with E-state index in [1.54, 1.807) is 0 Å². The van der Waals surface area contributed by atoms with Gasteiger partial charge in [-0.1, -0.05) is 0 Å². The summed E-state index contributed by atoms with van der Waals surface area (Å²) in [6.07, 6.45) is 12.4. The van der Waals surface area contributed by atoms with Crippen molar-refractivity contribution in [1.82, 2.24) is 26.0 Å². The molecule has 3 N–H and O–H groups in total. The van der Waals surface area contributed by atoms with Gasteiger partial charge in [-0.25, -0.2) is 5.01 Å². The number of nitrogens with one attached hydrogen (secondary N) is 3. The second-order valence-electron chi connectivity index (χ2n) is 14.0. The zero-order valence-corrected chi connectivity index (χ0v) is 23.6. The molecule has 7 heteroatoms. The molecule has 6 aliphatic rings. The molecule has 0 aromatic carbocycles. The number of piperidine rings is 2. The summed E-state index contributed by atoms with van der Waals surface area (Å²) in [6, 6.07) is 4.54. The maximum absolute atomic E-state index is 9.67. The number of morpholine rings is 1. The number of rotatable bonds is 4. The summed E-state index contributed by atoms with van der Waals surface area (Å²) in [4.78, 5) is 2.61. The third-order valence-corrected chi connectivity index (χ3v) is 11.9. The molecule has 0 aromatic heterocycles. The van der Waals surface area contributed by atoms with E-state index in [1.807, 2.05) is 0 Å². The van der Waals surface area contributed by atoms with Gasteiger partial charge in [-0.15, -0.1) is 0 Å². The standard InChI is InChI=1S/C30H52N6O/c1-30(2,19-31)23-8-4-20(5-9-23)29-28-24-16-21(6-10-25(24)32-18-26(28)35(3)34-29)22-7-11-27(33-17-22)36-12-14-37-15-13-36/h20-29,32-34H,4-18H2,1-3H3. The lowest BCUT2D eigenvalue weighted by molar-refractivity contribution is -0.0103. The number of hydrogen-bond donors (Lipinski definition) is 3. The molecule has 0 spiro atoms. The summed E-state index contributed by atoms with van der Waals surface area (Å²) in [5, 5.41) is 20.1. The van der Waals surface area contributed by atoms with Gasteiger partial charge in [-0.3, -0.25) is 10.3 Å². The quantitative estimate of drug-likeness (QED) is 0.534. The van der Waals surface area contributed by atoms with Crippen LogP contribution in [0.4, 0.5) is 0 Å². The van der Waals surface area contributed by atoms with Crippen LogP contribution in [-0.2, 0) is 4.74 Å². The van der Waals surface area contributed by atoms with Crippen molar-refractivity contribution in [3.8, 4) is 6.07 Å². The monoisotopic (exact) mass is 512 g/mol. The van der Waals surface area contributed by atoms with Crippen molar-refractivity contribution in [3.63, 3.8) is 0 Å². The first-order valence-corrected chi connectivity index (χ1v) is 15.6. The third kappa shape index (κ3) is 5.24. The molecule has 4 saturated heterocycles. The van der Waals surface area contributed by atoms with Crippen molar-refractivity contribution >= 4 is 0 Å². The Morgan fingerprint density at radius 1 is 0.865 bits per heavy atom. The highest BCUT2D eigenvalue weighted by Crippen LogP contribution is 2.49. The Kier molecular flexibility index (Phi) is 7.89. The average Bonchev–Trinajstić information content (AvgIpc) is 3.30. The van der Waals surface area contributed by atoms with Crippen LogP contribution in [0.1, 0.15) is 71.6 Å². The molecule has 7 nitrogen and oxygen atoms in total. The summed E-state index contributed by atoms with van der Waals surface area (Å²) in [7, 11) is 2.29. The maximum atomic E-state index is 9.67. The van der Waals surface area contributed by atoms with E-state index < -0.39 is 0 Å². The third-order valence-electron chi connectivity index (χ3n) is 11.9. The van der Waals surface area contributed by atoms with E-state index in [-0.39, 0.29) is 5.41 Å². The second kappa shape index (κ2) is 11.0. The highest BCUT2D eigenvalue weighted by molar-refractivity contribution is 5.08. The summed E-state index contributed by atoms with van der Waals surface area (Å²) >= 11 is 0. The Balaban J connectivity index is 1.09. The highest BCUT2D eigenvalue weighted by atomic mass is 16.5. The van der Waals surface area contributed by atoms with Crippen molar-refractivity contribution in [2.75, 3.05) is 46.4 Å². The van der Waals surface area contributed by atoms with Crippen LogP contribution in [0.15, 0.2) is 0 Å². The van der Waals surface area contributed by atoms with E-state index in [0.29, 0.717) is 30.2 Å². The van der Waals surface area contributed by atoms with Crippen LogP contribution in [-0.4, -0.2) is 80.6 Å². The van der Waals surface area contributed by atoms with Crippen LogP contribution >= 0.6 is 0 Å². The molecule has 208 valence electrons. The molecule has 8 unspecified atom stereocenters. The summed E-state index contributed by atoms with van der Waals surface area (Å²) in [6.45, 7) is 10.6. The van der Waals surface area contributed by atoms with Crippen LogP contribution in [0, 0.1) is 52.3 Å². The Morgan fingerprint density at radius 3 is 2.30 bits per heavy atom. The molecular formula is C30H52N6O. The smallest absolute Gasteiger partial charge is 0.0686 e. The van der Waals surface area contributed by atoms with Crippen LogP contribution in [0.5, 0.6) is 0 Å². The Bertz CT molecular complexity index is 807. The first-order chi connectivity index (χ1) is 17.9. The van der Waals surface area contributed by atoms with E-state index in [2.05, 4.69) is 52.9 Å². The minimum Gasteiger partial charge on any atom is -0.379 e. The van der Waals surface area contributed by atoms with Crippen LogP contribution in [0.2, 0.25) is 0 Å².